The predicted octanol–water partition coefficient (Wildman–Crippen LogP) is -0.328. The number of carbonyl (C=O) groups excluding carboxylic acids is 3. The predicted molar refractivity (Wildman–Crippen MR) is 71.9 cm³/mol. The molecule has 0 spiro atoms. The number of rotatable bonds is 3. The molecule has 0 saturated carbocycles. The lowest BCUT2D eigenvalue weighted by molar-refractivity contribution is -0.141. The Bertz CT molecular complexity index is 641. The zero-order chi connectivity index (χ0) is 15.0. The number of hydrogen-bond acceptors (Lipinski definition) is 6. The summed E-state index contributed by atoms with van der Waals surface area (Å²) in [5.74, 6) is -2.40. The second kappa shape index (κ2) is 5.01. The lowest BCUT2D eigenvalue weighted by atomic mass is 9.99. The number of likely N-dealkylation sites (tertiary alicyclic amines) is 1. The fraction of sp³-hybridized carbons (Fsp3) is 0.286. The molecule has 1 saturated heterocycles. The quantitative estimate of drug-likeness (QED) is 0.607. The largest absolute Gasteiger partial charge is 0.464 e. The summed E-state index contributed by atoms with van der Waals surface area (Å²) in [6, 6.07) is 8.38. The van der Waals surface area contributed by atoms with Gasteiger partial charge in [0.05, 0.1) is 13.7 Å². The number of ether oxygens (including phenoxy) is 1. The maximum atomic E-state index is 12.4. The van der Waals surface area contributed by atoms with Gasteiger partial charge in [-0.05, 0) is 5.56 Å². The standard InChI is InChI=1S/C14H13N3O4/c1-21-14(20)11-9-10(15-16-11)13(19)17(12(9)18)7-8-5-3-2-4-6-8/h2-6,9-10,15H,7H2,1H3. The Morgan fingerprint density at radius 3 is 2.67 bits per heavy atom. The molecule has 0 bridgehead atoms. The normalized spacial score (nSPS) is 23.7. The van der Waals surface area contributed by atoms with Gasteiger partial charge in [-0.25, -0.2) is 4.79 Å². The Hall–Kier alpha value is -2.70. The summed E-state index contributed by atoms with van der Waals surface area (Å²) in [4.78, 5) is 37.4. The topological polar surface area (TPSA) is 88.1 Å². The summed E-state index contributed by atoms with van der Waals surface area (Å²) in [6.45, 7) is 0.182. The van der Waals surface area contributed by atoms with Crippen LogP contribution in [0.25, 0.3) is 0 Å². The van der Waals surface area contributed by atoms with Gasteiger partial charge in [0.15, 0.2) is 5.71 Å². The van der Waals surface area contributed by atoms with Crippen molar-refractivity contribution in [2.24, 2.45) is 11.0 Å². The lowest BCUT2D eigenvalue weighted by Crippen LogP contribution is -2.35. The van der Waals surface area contributed by atoms with Crippen LogP contribution in [0.15, 0.2) is 35.4 Å². The molecule has 1 fully saturated rings. The average Bonchev–Trinajstić information content (AvgIpc) is 3.04. The van der Waals surface area contributed by atoms with E-state index in [2.05, 4.69) is 15.3 Å². The van der Waals surface area contributed by atoms with E-state index in [4.69, 9.17) is 0 Å². The molecule has 2 atom stereocenters. The summed E-state index contributed by atoms with van der Waals surface area (Å²) in [7, 11) is 1.21. The number of fused-ring (bicyclic) bond motifs is 1. The van der Waals surface area contributed by atoms with Crippen molar-refractivity contribution in [1.29, 1.82) is 0 Å². The summed E-state index contributed by atoms with van der Waals surface area (Å²) in [5, 5.41) is 3.76. The first-order valence-electron chi connectivity index (χ1n) is 6.44. The number of methoxy groups -OCH3 is 1. The van der Waals surface area contributed by atoms with Crippen LogP contribution in [0, 0.1) is 5.92 Å². The fourth-order valence-electron chi connectivity index (χ4n) is 2.54. The maximum Gasteiger partial charge on any atom is 0.355 e. The van der Waals surface area contributed by atoms with E-state index in [1.54, 1.807) is 0 Å². The minimum atomic E-state index is -0.895. The molecular weight excluding hydrogens is 274 g/mol. The molecule has 3 rings (SSSR count). The average molecular weight is 287 g/mol. The highest BCUT2D eigenvalue weighted by molar-refractivity contribution is 6.43. The van der Waals surface area contributed by atoms with Crippen molar-refractivity contribution in [1.82, 2.24) is 10.3 Å². The summed E-state index contributed by atoms with van der Waals surface area (Å²) >= 11 is 0. The minimum absolute atomic E-state index is 0.0450. The number of carbonyl (C=O) groups is 3. The molecular formula is C14H13N3O4. The van der Waals surface area contributed by atoms with Crippen molar-refractivity contribution < 1.29 is 19.1 Å². The highest BCUT2D eigenvalue weighted by Crippen LogP contribution is 2.27. The number of benzene rings is 1. The van der Waals surface area contributed by atoms with Crippen molar-refractivity contribution >= 4 is 23.5 Å². The molecule has 1 N–H and O–H groups in total. The molecule has 2 amide bonds. The van der Waals surface area contributed by atoms with Gasteiger partial charge in [0.1, 0.15) is 12.0 Å². The van der Waals surface area contributed by atoms with Crippen molar-refractivity contribution in [2.45, 2.75) is 12.6 Å². The molecule has 2 unspecified atom stereocenters. The van der Waals surface area contributed by atoms with E-state index < -0.39 is 23.8 Å². The number of hydrogen-bond donors (Lipinski definition) is 1. The van der Waals surface area contributed by atoms with E-state index in [-0.39, 0.29) is 18.2 Å². The fourth-order valence-corrected chi connectivity index (χ4v) is 2.54. The zero-order valence-electron chi connectivity index (χ0n) is 11.3. The third kappa shape index (κ3) is 2.06. The third-order valence-electron chi connectivity index (χ3n) is 3.59. The molecule has 2 aliphatic rings. The van der Waals surface area contributed by atoms with Crippen LogP contribution in [-0.4, -0.2) is 41.5 Å². The van der Waals surface area contributed by atoms with Crippen LogP contribution in [0.2, 0.25) is 0 Å². The molecule has 7 nitrogen and oxygen atoms in total. The number of nitrogens with zero attached hydrogens (tertiary/aromatic N) is 2. The van der Waals surface area contributed by atoms with Crippen LogP contribution < -0.4 is 5.43 Å². The van der Waals surface area contributed by atoms with Crippen molar-refractivity contribution in [2.75, 3.05) is 7.11 Å². The Morgan fingerprint density at radius 2 is 2.00 bits per heavy atom. The van der Waals surface area contributed by atoms with Crippen LogP contribution in [0.4, 0.5) is 0 Å². The van der Waals surface area contributed by atoms with Crippen LogP contribution in [-0.2, 0) is 25.7 Å². The van der Waals surface area contributed by atoms with Gasteiger partial charge in [-0.15, -0.1) is 0 Å². The molecule has 0 radical (unpaired) electrons. The molecule has 1 aromatic carbocycles. The van der Waals surface area contributed by atoms with Crippen LogP contribution >= 0.6 is 0 Å². The van der Waals surface area contributed by atoms with E-state index in [0.29, 0.717) is 0 Å². The molecule has 108 valence electrons. The van der Waals surface area contributed by atoms with Crippen molar-refractivity contribution in [3.8, 4) is 0 Å². The van der Waals surface area contributed by atoms with E-state index in [1.807, 2.05) is 30.3 Å². The number of imide groups is 1. The Kier molecular flexibility index (Phi) is 3.17. The van der Waals surface area contributed by atoms with Gasteiger partial charge in [0.25, 0.3) is 5.91 Å². The Balaban J connectivity index is 1.84. The monoisotopic (exact) mass is 287 g/mol. The van der Waals surface area contributed by atoms with Gasteiger partial charge < -0.3 is 4.74 Å². The molecule has 7 heteroatoms. The van der Waals surface area contributed by atoms with Gasteiger partial charge in [-0.1, -0.05) is 30.3 Å². The van der Waals surface area contributed by atoms with Gasteiger partial charge in [-0.2, -0.15) is 5.10 Å². The first-order valence-corrected chi connectivity index (χ1v) is 6.44. The second-order valence-electron chi connectivity index (χ2n) is 4.82. The molecule has 2 heterocycles. The van der Waals surface area contributed by atoms with Crippen LogP contribution in [0.5, 0.6) is 0 Å². The van der Waals surface area contributed by atoms with Crippen molar-refractivity contribution in [3.63, 3.8) is 0 Å². The molecule has 2 aliphatic heterocycles. The molecule has 0 aromatic heterocycles. The summed E-state index contributed by atoms with van der Waals surface area (Å²) < 4.78 is 4.59. The number of esters is 1. The Labute approximate surface area is 120 Å². The highest BCUT2D eigenvalue weighted by atomic mass is 16.5. The smallest absolute Gasteiger partial charge is 0.355 e. The number of amides is 2. The van der Waals surface area contributed by atoms with E-state index in [0.717, 1.165) is 10.5 Å². The van der Waals surface area contributed by atoms with Gasteiger partial charge in [-0.3, -0.25) is 19.9 Å². The van der Waals surface area contributed by atoms with Gasteiger partial charge in [0.2, 0.25) is 5.91 Å². The number of nitrogens with one attached hydrogen (secondary N) is 1. The SMILES string of the molecule is COC(=O)C1=NNC2C(=O)N(Cc3ccccc3)C(=O)C12. The van der Waals surface area contributed by atoms with E-state index >= 15 is 0 Å². The van der Waals surface area contributed by atoms with E-state index in [1.165, 1.54) is 7.11 Å². The highest BCUT2D eigenvalue weighted by Gasteiger charge is 2.55. The zero-order valence-corrected chi connectivity index (χ0v) is 11.3. The van der Waals surface area contributed by atoms with Crippen molar-refractivity contribution in [3.05, 3.63) is 35.9 Å². The molecule has 1 aromatic rings. The summed E-state index contributed by atoms with van der Waals surface area (Å²) in [6.07, 6.45) is 0. The number of hydrazone groups is 1. The first-order chi connectivity index (χ1) is 10.1. The Morgan fingerprint density at radius 1 is 1.29 bits per heavy atom. The third-order valence-corrected chi connectivity index (χ3v) is 3.59. The minimum Gasteiger partial charge on any atom is -0.464 e. The lowest BCUT2D eigenvalue weighted by Gasteiger charge is -2.15. The van der Waals surface area contributed by atoms with E-state index in [9.17, 15) is 14.4 Å². The van der Waals surface area contributed by atoms with Gasteiger partial charge in [0, 0.05) is 0 Å². The summed E-state index contributed by atoms with van der Waals surface area (Å²) in [5.41, 5.74) is 3.35. The second-order valence-corrected chi connectivity index (χ2v) is 4.82. The maximum absolute atomic E-state index is 12.4. The molecule has 21 heavy (non-hydrogen) atoms. The van der Waals surface area contributed by atoms with Crippen LogP contribution in [0.3, 0.4) is 0 Å². The van der Waals surface area contributed by atoms with Gasteiger partial charge >= 0.3 is 5.97 Å². The molecule has 0 aliphatic carbocycles. The first kappa shape index (κ1) is 13.3. The van der Waals surface area contributed by atoms with Crippen LogP contribution in [0.1, 0.15) is 5.56 Å².